The molecular formula is C40H40O4P2. The van der Waals surface area contributed by atoms with Gasteiger partial charge >= 0.3 is 0 Å². The highest BCUT2D eigenvalue weighted by Gasteiger charge is 2.22. The zero-order valence-electron chi connectivity index (χ0n) is 27.2. The highest BCUT2D eigenvalue weighted by Crippen LogP contribution is 2.43. The summed E-state index contributed by atoms with van der Waals surface area (Å²) >= 11 is 0. The van der Waals surface area contributed by atoms with Crippen LogP contribution in [0.1, 0.15) is 52.7 Å². The maximum Gasteiger partial charge on any atom is 0.275 e. The Labute approximate surface area is 276 Å². The van der Waals surface area contributed by atoms with Crippen molar-refractivity contribution in [1.29, 1.82) is 0 Å². The summed E-state index contributed by atoms with van der Waals surface area (Å²) in [5.41, 5.74) is 3.99. The molecule has 2 unspecified atom stereocenters. The van der Waals surface area contributed by atoms with Crippen molar-refractivity contribution in [3.05, 3.63) is 132 Å². The first-order valence-corrected chi connectivity index (χ1v) is 17.1. The van der Waals surface area contributed by atoms with E-state index in [4.69, 9.17) is 18.1 Å². The van der Waals surface area contributed by atoms with E-state index >= 15 is 0 Å². The summed E-state index contributed by atoms with van der Waals surface area (Å²) in [6, 6.07) is 41.4. The van der Waals surface area contributed by atoms with E-state index in [0.29, 0.717) is 0 Å². The van der Waals surface area contributed by atoms with Crippen molar-refractivity contribution in [3.63, 3.8) is 0 Å². The molecule has 2 atom stereocenters. The molecule has 6 aromatic carbocycles. The lowest BCUT2D eigenvalue weighted by Gasteiger charge is -2.24. The predicted molar refractivity (Wildman–Crippen MR) is 196 cm³/mol. The summed E-state index contributed by atoms with van der Waals surface area (Å²) in [6.07, 6.45) is 0. The lowest BCUT2D eigenvalue weighted by molar-refractivity contribution is 0.491. The molecule has 6 aromatic rings. The van der Waals surface area contributed by atoms with Crippen molar-refractivity contribution in [3.8, 4) is 34.1 Å². The van der Waals surface area contributed by atoms with Gasteiger partial charge in [-0.1, -0.05) is 126 Å². The van der Waals surface area contributed by atoms with Crippen molar-refractivity contribution in [2.24, 2.45) is 0 Å². The normalized spacial score (nSPS) is 12.4. The van der Waals surface area contributed by atoms with Gasteiger partial charge in [-0.05, 0) is 68.8 Å². The fourth-order valence-electron chi connectivity index (χ4n) is 5.56. The third-order valence-corrected chi connectivity index (χ3v) is 9.20. The molecule has 6 heteroatoms. The number of rotatable bonds is 9. The molecule has 0 saturated carbocycles. The molecule has 0 fully saturated rings. The molecule has 234 valence electrons. The second-order valence-corrected chi connectivity index (χ2v) is 14.6. The summed E-state index contributed by atoms with van der Waals surface area (Å²) in [5.74, 6) is 3.13. The van der Waals surface area contributed by atoms with Crippen LogP contribution < -0.4 is 18.1 Å². The summed E-state index contributed by atoms with van der Waals surface area (Å²) < 4.78 is 25.3. The van der Waals surface area contributed by atoms with E-state index in [9.17, 15) is 0 Å². The number of benzene rings is 6. The van der Waals surface area contributed by atoms with Gasteiger partial charge in [-0.2, -0.15) is 0 Å². The van der Waals surface area contributed by atoms with Gasteiger partial charge in [0.15, 0.2) is 0 Å². The molecule has 0 amide bonds. The standard InChI is InChI=1S/C40H40O4P2/c1-39(2,3)33-23-27-15-7-9-17-29(27)25-37(33)43-45-41-35-21-13-11-19-31(35)32-20-12-14-22-36(32)42-46-44-38-26-30-18-10-8-16-28(30)24-34(38)40(4,5)6/h7-26,45-46H,1-6H3. The van der Waals surface area contributed by atoms with Gasteiger partial charge in [0.25, 0.3) is 18.1 Å². The van der Waals surface area contributed by atoms with Crippen molar-refractivity contribution < 1.29 is 18.1 Å². The van der Waals surface area contributed by atoms with Crippen molar-refractivity contribution >= 4 is 39.6 Å². The first-order valence-electron chi connectivity index (χ1n) is 15.5. The molecule has 0 radical (unpaired) electrons. The number of hydrogen-bond acceptors (Lipinski definition) is 4. The number of fused-ring (bicyclic) bond motifs is 2. The van der Waals surface area contributed by atoms with Gasteiger partial charge in [0.05, 0.1) is 0 Å². The van der Waals surface area contributed by atoms with Gasteiger partial charge < -0.3 is 18.1 Å². The molecule has 6 rings (SSSR count). The Kier molecular flexibility index (Phi) is 9.23. The van der Waals surface area contributed by atoms with Crippen LogP contribution in [0.4, 0.5) is 0 Å². The van der Waals surface area contributed by atoms with Crippen LogP contribution in [0.3, 0.4) is 0 Å². The van der Waals surface area contributed by atoms with Gasteiger partial charge in [-0.3, -0.25) is 0 Å². The van der Waals surface area contributed by atoms with E-state index in [0.717, 1.165) is 56.0 Å². The first-order chi connectivity index (χ1) is 22.1. The largest absolute Gasteiger partial charge is 0.440 e. The quantitative estimate of drug-likeness (QED) is 0.147. The van der Waals surface area contributed by atoms with Crippen molar-refractivity contribution in [2.45, 2.75) is 52.4 Å². The summed E-state index contributed by atoms with van der Waals surface area (Å²) in [4.78, 5) is 0. The first kappa shape index (κ1) is 31.9. The minimum absolute atomic E-state index is 0.0820. The fourth-order valence-corrected chi connectivity index (χ4v) is 6.69. The van der Waals surface area contributed by atoms with E-state index in [2.05, 4.69) is 102 Å². The average molecular weight is 647 g/mol. The molecule has 0 saturated heterocycles. The third-order valence-electron chi connectivity index (χ3n) is 7.98. The average Bonchev–Trinajstić information content (AvgIpc) is 3.03. The Bertz CT molecular complexity index is 1840. The van der Waals surface area contributed by atoms with Crippen molar-refractivity contribution in [2.75, 3.05) is 0 Å². The maximum absolute atomic E-state index is 6.34. The van der Waals surface area contributed by atoms with Gasteiger partial charge in [0.2, 0.25) is 0 Å². The van der Waals surface area contributed by atoms with Crippen LogP contribution in [0.5, 0.6) is 23.0 Å². The van der Waals surface area contributed by atoms with E-state index in [1.54, 1.807) is 0 Å². The molecule has 0 spiro atoms. The SMILES string of the molecule is CC(C)(C)c1cc2ccccc2cc1OPOc1ccccc1-c1ccccc1OPOc1cc2ccccc2cc1C(C)(C)C. The van der Waals surface area contributed by atoms with Gasteiger partial charge in [0, 0.05) is 22.3 Å². The van der Waals surface area contributed by atoms with E-state index in [1.165, 1.54) is 10.8 Å². The topological polar surface area (TPSA) is 36.9 Å². The van der Waals surface area contributed by atoms with Gasteiger partial charge in [-0.15, -0.1) is 0 Å². The molecule has 46 heavy (non-hydrogen) atoms. The molecule has 0 aromatic heterocycles. The zero-order valence-corrected chi connectivity index (χ0v) is 29.2. The number of hydrogen-bond donors (Lipinski definition) is 0. The lowest BCUT2D eigenvalue weighted by atomic mass is 9.85. The predicted octanol–water partition coefficient (Wildman–Crippen LogP) is 12.2. The van der Waals surface area contributed by atoms with Crippen LogP contribution in [0, 0.1) is 0 Å². The highest BCUT2D eigenvalue weighted by atomic mass is 31.1. The molecule has 4 nitrogen and oxygen atoms in total. The second-order valence-electron chi connectivity index (χ2n) is 13.5. The van der Waals surface area contributed by atoms with Crippen LogP contribution in [0.25, 0.3) is 32.7 Å². The monoisotopic (exact) mass is 646 g/mol. The Hall–Kier alpha value is -4.10. The molecule has 0 aliphatic carbocycles. The summed E-state index contributed by atoms with van der Waals surface area (Å²) in [7, 11) is -0.451. The van der Waals surface area contributed by atoms with Gasteiger partial charge in [0.1, 0.15) is 23.0 Å². The van der Waals surface area contributed by atoms with Crippen LogP contribution in [-0.4, -0.2) is 0 Å². The molecule has 0 bridgehead atoms. The molecule has 0 heterocycles. The summed E-state index contributed by atoms with van der Waals surface area (Å²) in [6.45, 7) is 13.2. The highest BCUT2D eigenvalue weighted by molar-refractivity contribution is 7.27. The van der Waals surface area contributed by atoms with E-state index < -0.39 is 0 Å². The molecule has 0 N–H and O–H groups in total. The van der Waals surface area contributed by atoms with E-state index in [1.807, 2.05) is 60.7 Å². The smallest absolute Gasteiger partial charge is 0.275 e. The molecular weight excluding hydrogens is 606 g/mol. The van der Waals surface area contributed by atoms with Crippen LogP contribution >= 0.6 is 18.1 Å². The van der Waals surface area contributed by atoms with Crippen LogP contribution in [0.15, 0.2) is 121 Å². The Morgan fingerprint density at radius 2 is 0.674 bits per heavy atom. The van der Waals surface area contributed by atoms with E-state index in [-0.39, 0.29) is 28.9 Å². The Morgan fingerprint density at radius 1 is 0.370 bits per heavy atom. The maximum atomic E-state index is 6.34. The molecule has 0 aliphatic rings. The Morgan fingerprint density at radius 3 is 1.04 bits per heavy atom. The Balaban J connectivity index is 1.20. The third kappa shape index (κ3) is 7.15. The fraction of sp³-hybridized carbons (Fsp3) is 0.200. The number of para-hydroxylation sites is 2. The van der Waals surface area contributed by atoms with Gasteiger partial charge in [-0.25, -0.2) is 0 Å². The lowest BCUT2D eigenvalue weighted by Crippen LogP contribution is -2.12. The zero-order chi connectivity index (χ0) is 32.3. The minimum atomic E-state index is -0.225. The minimum Gasteiger partial charge on any atom is -0.440 e. The van der Waals surface area contributed by atoms with Crippen LogP contribution in [-0.2, 0) is 10.8 Å². The second kappa shape index (κ2) is 13.3. The molecule has 0 aliphatic heterocycles. The summed E-state index contributed by atoms with van der Waals surface area (Å²) in [5, 5.41) is 4.68. The van der Waals surface area contributed by atoms with Crippen LogP contribution in [0.2, 0.25) is 0 Å². The van der Waals surface area contributed by atoms with Crippen molar-refractivity contribution in [1.82, 2.24) is 0 Å².